The summed E-state index contributed by atoms with van der Waals surface area (Å²) in [5.41, 5.74) is 1.20. The normalized spacial score (nSPS) is 19.4. The Balaban J connectivity index is 2.60. The zero-order chi connectivity index (χ0) is 13.4. The molecule has 0 heterocycles. The second-order valence-corrected chi connectivity index (χ2v) is 4.42. The average Bonchev–Trinajstić information content (AvgIpc) is 2.41. The summed E-state index contributed by atoms with van der Waals surface area (Å²) in [5, 5.41) is 35.6. The molecule has 1 rings (SSSR count). The first-order chi connectivity index (χ1) is 8.76. The zero-order valence-corrected chi connectivity index (χ0v) is 10.5. The van der Waals surface area contributed by atoms with Gasteiger partial charge in [0, 0.05) is 19.1 Å². The Kier molecular flexibility index (Phi) is 6.38. The van der Waals surface area contributed by atoms with E-state index in [4.69, 9.17) is 20.7 Å². The number of nitrogens with zero attached hydrogens (tertiary/aromatic N) is 3. The van der Waals surface area contributed by atoms with Gasteiger partial charge in [0.2, 0.25) is 0 Å². The van der Waals surface area contributed by atoms with Gasteiger partial charge in [0.25, 0.3) is 0 Å². The predicted molar refractivity (Wildman–Crippen MR) is 66.3 cm³/mol. The SMILES string of the molecule is N#CC(C#N)=C1CCC(N(CCO)CCO)CC1. The summed E-state index contributed by atoms with van der Waals surface area (Å²) in [6.45, 7) is 1.29. The van der Waals surface area contributed by atoms with E-state index < -0.39 is 0 Å². The molecule has 1 saturated carbocycles. The van der Waals surface area contributed by atoms with Crippen LogP contribution < -0.4 is 0 Å². The molecule has 0 bridgehead atoms. The number of hydrogen-bond donors (Lipinski definition) is 2. The minimum atomic E-state index is 0.0842. The quantitative estimate of drug-likeness (QED) is 0.695. The summed E-state index contributed by atoms with van der Waals surface area (Å²) in [6, 6.07) is 4.21. The van der Waals surface area contributed by atoms with Crippen molar-refractivity contribution in [2.75, 3.05) is 26.3 Å². The van der Waals surface area contributed by atoms with E-state index in [9.17, 15) is 0 Å². The third-order valence-electron chi connectivity index (χ3n) is 3.43. The van der Waals surface area contributed by atoms with E-state index in [2.05, 4.69) is 4.90 Å². The van der Waals surface area contributed by atoms with Crippen molar-refractivity contribution in [1.82, 2.24) is 4.90 Å². The fraction of sp³-hybridized carbons (Fsp3) is 0.692. The Morgan fingerprint density at radius 3 is 2.00 bits per heavy atom. The number of rotatable bonds is 5. The molecule has 5 nitrogen and oxygen atoms in total. The number of allylic oxidation sites excluding steroid dienone is 2. The molecule has 0 atom stereocenters. The minimum absolute atomic E-state index is 0.0842. The number of hydrogen-bond acceptors (Lipinski definition) is 5. The third kappa shape index (κ3) is 3.82. The van der Waals surface area contributed by atoms with E-state index >= 15 is 0 Å². The Labute approximate surface area is 108 Å². The number of nitriles is 2. The van der Waals surface area contributed by atoms with Crippen molar-refractivity contribution in [3.63, 3.8) is 0 Å². The van der Waals surface area contributed by atoms with Crippen LogP contribution in [-0.2, 0) is 0 Å². The molecule has 0 radical (unpaired) electrons. The highest BCUT2D eigenvalue weighted by Gasteiger charge is 2.23. The van der Waals surface area contributed by atoms with Crippen LogP contribution >= 0.6 is 0 Å². The van der Waals surface area contributed by atoms with Gasteiger partial charge in [-0.3, -0.25) is 4.90 Å². The van der Waals surface area contributed by atoms with Crippen LogP contribution in [0.3, 0.4) is 0 Å². The Morgan fingerprint density at radius 2 is 1.61 bits per heavy atom. The summed E-state index contributed by atoms with van der Waals surface area (Å²) in [4.78, 5) is 2.08. The van der Waals surface area contributed by atoms with E-state index in [1.54, 1.807) is 0 Å². The van der Waals surface area contributed by atoms with Crippen LogP contribution in [0.2, 0.25) is 0 Å². The number of aliphatic hydroxyl groups excluding tert-OH is 2. The molecule has 0 aromatic carbocycles. The van der Waals surface area contributed by atoms with E-state index in [1.165, 1.54) is 0 Å². The average molecular weight is 249 g/mol. The lowest BCUT2D eigenvalue weighted by Crippen LogP contribution is -2.40. The minimum Gasteiger partial charge on any atom is -0.395 e. The molecule has 98 valence electrons. The van der Waals surface area contributed by atoms with E-state index in [0.29, 0.717) is 19.1 Å². The maximum Gasteiger partial charge on any atom is 0.128 e. The van der Waals surface area contributed by atoms with Gasteiger partial charge in [-0.15, -0.1) is 0 Å². The second-order valence-electron chi connectivity index (χ2n) is 4.42. The smallest absolute Gasteiger partial charge is 0.128 e. The fourth-order valence-electron chi connectivity index (χ4n) is 2.48. The summed E-state index contributed by atoms with van der Waals surface area (Å²) in [6.07, 6.45) is 3.27. The van der Waals surface area contributed by atoms with Gasteiger partial charge < -0.3 is 10.2 Å². The first kappa shape index (κ1) is 14.7. The molecule has 0 aromatic rings. The van der Waals surface area contributed by atoms with E-state index in [1.807, 2.05) is 12.1 Å². The summed E-state index contributed by atoms with van der Waals surface area (Å²) in [5.74, 6) is 0. The second kappa shape index (κ2) is 7.84. The fourth-order valence-corrected chi connectivity index (χ4v) is 2.48. The lowest BCUT2D eigenvalue weighted by Gasteiger charge is -2.34. The topological polar surface area (TPSA) is 91.3 Å². The van der Waals surface area contributed by atoms with E-state index in [-0.39, 0.29) is 18.8 Å². The van der Waals surface area contributed by atoms with Gasteiger partial charge in [0.1, 0.15) is 17.7 Å². The van der Waals surface area contributed by atoms with Crippen LogP contribution in [-0.4, -0.2) is 47.5 Å². The zero-order valence-electron chi connectivity index (χ0n) is 10.5. The van der Waals surface area contributed by atoms with Crippen LogP contribution in [0.1, 0.15) is 25.7 Å². The molecule has 0 amide bonds. The molecule has 2 N–H and O–H groups in total. The van der Waals surface area contributed by atoms with Gasteiger partial charge in [0.15, 0.2) is 0 Å². The maximum absolute atomic E-state index is 8.99. The van der Waals surface area contributed by atoms with Gasteiger partial charge in [-0.1, -0.05) is 0 Å². The third-order valence-corrected chi connectivity index (χ3v) is 3.43. The highest BCUT2D eigenvalue weighted by molar-refractivity contribution is 5.40. The van der Waals surface area contributed by atoms with Gasteiger partial charge in [-0.2, -0.15) is 10.5 Å². The van der Waals surface area contributed by atoms with Crippen LogP contribution in [0.25, 0.3) is 0 Å². The van der Waals surface area contributed by atoms with Gasteiger partial charge in [0.05, 0.1) is 13.2 Å². The molecule has 0 aromatic heterocycles. The molecule has 18 heavy (non-hydrogen) atoms. The lowest BCUT2D eigenvalue weighted by atomic mass is 9.87. The van der Waals surface area contributed by atoms with Gasteiger partial charge in [-0.05, 0) is 31.3 Å². The highest BCUT2D eigenvalue weighted by atomic mass is 16.3. The Morgan fingerprint density at radius 1 is 1.11 bits per heavy atom. The molecule has 0 spiro atoms. The predicted octanol–water partition coefficient (Wildman–Crippen LogP) is 0.559. The molecule has 1 fully saturated rings. The van der Waals surface area contributed by atoms with Crippen LogP contribution in [0.4, 0.5) is 0 Å². The van der Waals surface area contributed by atoms with Gasteiger partial charge >= 0.3 is 0 Å². The van der Waals surface area contributed by atoms with Crippen LogP contribution in [0.15, 0.2) is 11.1 Å². The highest BCUT2D eigenvalue weighted by Crippen LogP contribution is 2.28. The molecule has 0 unspecified atom stereocenters. The van der Waals surface area contributed by atoms with Gasteiger partial charge in [-0.25, -0.2) is 0 Å². The molecular weight excluding hydrogens is 230 g/mol. The van der Waals surface area contributed by atoms with Crippen molar-refractivity contribution in [1.29, 1.82) is 10.5 Å². The van der Waals surface area contributed by atoms with Crippen molar-refractivity contribution < 1.29 is 10.2 Å². The molecule has 0 aliphatic heterocycles. The summed E-state index contributed by atoms with van der Waals surface area (Å²) in [7, 11) is 0. The standard InChI is InChI=1S/C13H19N3O2/c14-9-12(10-15)11-1-3-13(4-2-11)16(5-7-17)6-8-18/h13,17-18H,1-8H2. The lowest BCUT2D eigenvalue weighted by molar-refractivity contribution is 0.107. The van der Waals surface area contributed by atoms with Crippen molar-refractivity contribution in [2.45, 2.75) is 31.7 Å². The Bertz CT molecular complexity index is 347. The first-order valence-electron chi connectivity index (χ1n) is 6.24. The first-order valence-corrected chi connectivity index (χ1v) is 6.24. The molecule has 1 aliphatic rings. The monoisotopic (exact) mass is 249 g/mol. The van der Waals surface area contributed by atoms with Crippen LogP contribution in [0.5, 0.6) is 0 Å². The Hall–Kier alpha value is -1.40. The summed E-state index contributed by atoms with van der Waals surface area (Å²) >= 11 is 0. The van der Waals surface area contributed by atoms with Crippen molar-refractivity contribution >= 4 is 0 Å². The van der Waals surface area contributed by atoms with Crippen molar-refractivity contribution in [3.8, 4) is 12.1 Å². The molecule has 0 saturated heterocycles. The van der Waals surface area contributed by atoms with E-state index in [0.717, 1.165) is 31.3 Å². The molecule has 1 aliphatic carbocycles. The molecule has 5 heteroatoms. The largest absolute Gasteiger partial charge is 0.395 e. The maximum atomic E-state index is 8.99. The van der Waals surface area contributed by atoms with Crippen LogP contribution in [0, 0.1) is 22.7 Å². The number of aliphatic hydroxyl groups is 2. The summed E-state index contributed by atoms with van der Waals surface area (Å²) < 4.78 is 0. The van der Waals surface area contributed by atoms with Crippen molar-refractivity contribution in [2.24, 2.45) is 0 Å². The van der Waals surface area contributed by atoms with Crippen molar-refractivity contribution in [3.05, 3.63) is 11.1 Å². The molecular formula is C13H19N3O2.